The normalized spacial score (nSPS) is 9.77. The fourth-order valence-corrected chi connectivity index (χ4v) is 1.14. The molecule has 0 spiro atoms. The molecule has 1 rings (SSSR count). The molecular formula is C11H13NO. The van der Waals surface area contributed by atoms with E-state index >= 15 is 0 Å². The largest absolute Gasteiger partial charge is 0.490 e. The van der Waals surface area contributed by atoms with Gasteiger partial charge < -0.3 is 4.74 Å². The van der Waals surface area contributed by atoms with Gasteiger partial charge in [-0.3, -0.25) is 0 Å². The first-order chi connectivity index (χ1) is 6.15. The van der Waals surface area contributed by atoms with Gasteiger partial charge in [-0.15, -0.1) is 0 Å². The van der Waals surface area contributed by atoms with Crippen LogP contribution in [0.1, 0.15) is 25.0 Å². The van der Waals surface area contributed by atoms with E-state index in [1.165, 1.54) is 0 Å². The standard InChI is InChI=1S/C11H13NO/c1-8(2)13-11-6-4-5-9(3)10(11)7-12/h4-6,8H,1-3H3. The van der Waals surface area contributed by atoms with Gasteiger partial charge in [0, 0.05) is 0 Å². The van der Waals surface area contributed by atoms with E-state index in [2.05, 4.69) is 6.07 Å². The van der Waals surface area contributed by atoms with Crippen molar-refractivity contribution in [3.8, 4) is 11.8 Å². The Morgan fingerprint density at radius 2 is 2.08 bits per heavy atom. The molecule has 0 radical (unpaired) electrons. The molecule has 0 amide bonds. The van der Waals surface area contributed by atoms with Crippen molar-refractivity contribution >= 4 is 0 Å². The highest BCUT2D eigenvalue weighted by atomic mass is 16.5. The van der Waals surface area contributed by atoms with Crippen molar-refractivity contribution < 1.29 is 4.74 Å². The Labute approximate surface area is 78.8 Å². The number of hydrogen-bond acceptors (Lipinski definition) is 2. The molecule has 0 aliphatic carbocycles. The summed E-state index contributed by atoms with van der Waals surface area (Å²) in [5.74, 6) is 0.678. The quantitative estimate of drug-likeness (QED) is 0.692. The third-order valence-corrected chi connectivity index (χ3v) is 1.71. The lowest BCUT2D eigenvalue weighted by Crippen LogP contribution is -2.07. The summed E-state index contributed by atoms with van der Waals surface area (Å²) in [6, 6.07) is 7.77. The van der Waals surface area contributed by atoms with Crippen molar-refractivity contribution in [2.75, 3.05) is 0 Å². The van der Waals surface area contributed by atoms with Crippen LogP contribution in [0, 0.1) is 18.3 Å². The molecular weight excluding hydrogens is 162 g/mol. The van der Waals surface area contributed by atoms with Crippen molar-refractivity contribution in [1.82, 2.24) is 0 Å². The Morgan fingerprint density at radius 3 is 2.62 bits per heavy atom. The maximum atomic E-state index is 8.88. The topological polar surface area (TPSA) is 33.0 Å². The molecule has 1 aromatic carbocycles. The van der Waals surface area contributed by atoms with Crippen LogP contribution in [0.15, 0.2) is 18.2 Å². The molecule has 13 heavy (non-hydrogen) atoms. The van der Waals surface area contributed by atoms with Gasteiger partial charge in [0.2, 0.25) is 0 Å². The predicted molar refractivity (Wildman–Crippen MR) is 51.7 cm³/mol. The SMILES string of the molecule is Cc1cccc(OC(C)C)c1C#N. The molecule has 0 aliphatic heterocycles. The van der Waals surface area contributed by atoms with E-state index in [1.807, 2.05) is 39.0 Å². The molecule has 0 N–H and O–H groups in total. The number of rotatable bonds is 2. The number of nitrogens with zero attached hydrogens (tertiary/aromatic N) is 1. The van der Waals surface area contributed by atoms with Gasteiger partial charge in [-0.25, -0.2) is 0 Å². The third kappa shape index (κ3) is 2.22. The highest BCUT2D eigenvalue weighted by Crippen LogP contribution is 2.21. The summed E-state index contributed by atoms with van der Waals surface area (Å²) in [5, 5.41) is 8.88. The van der Waals surface area contributed by atoms with Crippen LogP contribution in [0.3, 0.4) is 0 Å². The van der Waals surface area contributed by atoms with Gasteiger partial charge in [0.25, 0.3) is 0 Å². The fraction of sp³-hybridized carbons (Fsp3) is 0.364. The molecule has 0 bridgehead atoms. The van der Waals surface area contributed by atoms with Crippen LogP contribution in [0.25, 0.3) is 0 Å². The van der Waals surface area contributed by atoms with Gasteiger partial charge in [-0.1, -0.05) is 12.1 Å². The van der Waals surface area contributed by atoms with Crippen molar-refractivity contribution in [2.45, 2.75) is 26.9 Å². The van der Waals surface area contributed by atoms with E-state index in [0.717, 1.165) is 5.56 Å². The van der Waals surface area contributed by atoms with Crippen molar-refractivity contribution in [2.24, 2.45) is 0 Å². The second-order valence-electron chi connectivity index (χ2n) is 3.23. The first-order valence-corrected chi connectivity index (χ1v) is 4.31. The molecule has 0 aromatic heterocycles. The molecule has 0 saturated carbocycles. The Balaban J connectivity index is 3.07. The van der Waals surface area contributed by atoms with Gasteiger partial charge in [0.15, 0.2) is 0 Å². The zero-order valence-electron chi connectivity index (χ0n) is 8.16. The average molecular weight is 175 g/mol. The predicted octanol–water partition coefficient (Wildman–Crippen LogP) is 2.65. The lowest BCUT2D eigenvalue weighted by Gasteiger charge is -2.11. The van der Waals surface area contributed by atoms with E-state index in [0.29, 0.717) is 11.3 Å². The molecule has 0 atom stereocenters. The van der Waals surface area contributed by atoms with Crippen molar-refractivity contribution in [1.29, 1.82) is 5.26 Å². The maximum absolute atomic E-state index is 8.88. The van der Waals surface area contributed by atoms with E-state index < -0.39 is 0 Å². The van der Waals surface area contributed by atoms with E-state index in [4.69, 9.17) is 10.00 Å². The van der Waals surface area contributed by atoms with Crippen LogP contribution in [0.4, 0.5) is 0 Å². The molecule has 0 fully saturated rings. The number of hydrogen-bond donors (Lipinski definition) is 0. The molecule has 0 saturated heterocycles. The van der Waals surface area contributed by atoms with E-state index in [-0.39, 0.29) is 6.10 Å². The first kappa shape index (κ1) is 9.60. The van der Waals surface area contributed by atoms with Crippen molar-refractivity contribution in [3.05, 3.63) is 29.3 Å². The Kier molecular flexibility index (Phi) is 2.92. The highest BCUT2D eigenvalue weighted by molar-refractivity contribution is 5.48. The molecule has 2 nitrogen and oxygen atoms in total. The summed E-state index contributed by atoms with van der Waals surface area (Å²) in [4.78, 5) is 0. The number of aryl methyl sites for hydroxylation is 1. The summed E-state index contributed by atoms with van der Waals surface area (Å²) in [6.45, 7) is 5.80. The summed E-state index contributed by atoms with van der Waals surface area (Å²) in [5.41, 5.74) is 1.59. The summed E-state index contributed by atoms with van der Waals surface area (Å²) >= 11 is 0. The monoisotopic (exact) mass is 175 g/mol. The molecule has 2 heteroatoms. The van der Waals surface area contributed by atoms with E-state index in [1.54, 1.807) is 0 Å². The minimum Gasteiger partial charge on any atom is -0.490 e. The highest BCUT2D eigenvalue weighted by Gasteiger charge is 2.06. The maximum Gasteiger partial charge on any atom is 0.137 e. The number of benzene rings is 1. The minimum atomic E-state index is 0.105. The van der Waals surface area contributed by atoms with Crippen LogP contribution in [0.5, 0.6) is 5.75 Å². The molecule has 0 heterocycles. The van der Waals surface area contributed by atoms with Gasteiger partial charge in [0.1, 0.15) is 11.8 Å². The Morgan fingerprint density at radius 1 is 1.38 bits per heavy atom. The lowest BCUT2D eigenvalue weighted by molar-refractivity contribution is 0.241. The minimum absolute atomic E-state index is 0.105. The van der Waals surface area contributed by atoms with Crippen LogP contribution in [-0.4, -0.2) is 6.10 Å². The summed E-state index contributed by atoms with van der Waals surface area (Å²) in [6.07, 6.45) is 0.105. The number of ether oxygens (including phenoxy) is 1. The zero-order chi connectivity index (χ0) is 9.84. The second kappa shape index (κ2) is 3.95. The third-order valence-electron chi connectivity index (χ3n) is 1.71. The van der Waals surface area contributed by atoms with E-state index in [9.17, 15) is 0 Å². The first-order valence-electron chi connectivity index (χ1n) is 4.31. The van der Waals surface area contributed by atoms with Gasteiger partial charge in [-0.05, 0) is 32.4 Å². The van der Waals surface area contributed by atoms with Gasteiger partial charge in [0.05, 0.1) is 11.7 Å². The molecule has 0 unspecified atom stereocenters. The Hall–Kier alpha value is -1.49. The second-order valence-corrected chi connectivity index (χ2v) is 3.23. The van der Waals surface area contributed by atoms with Gasteiger partial charge in [-0.2, -0.15) is 5.26 Å². The van der Waals surface area contributed by atoms with Crippen LogP contribution in [0.2, 0.25) is 0 Å². The molecule has 1 aromatic rings. The van der Waals surface area contributed by atoms with Crippen LogP contribution >= 0.6 is 0 Å². The average Bonchev–Trinajstić information content (AvgIpc) is 2.03. The van der Waals surface area contributed by atoms with Crippen LogP contribution in [-0.2, 0) is 0 Å². The number of nitriles is 1. The lowest BCUT2D eigenvalue weighted by atomic mass is 10.1. The van der Waals surface area contributed by atoms with Crippen LogP contribution < -0.4 is 4.74 Å². The zero-order valence-corrected chi connectivity index (χ0v) is 8.16. The smallest absolute Gasteiger partial charge is 0.137 e. The fourth-order valence-electron chi connectivity index (χ4n) is 1.14. The van der Waals surface area contributed by atoms with Crippen molar-refractivity contribution in [3.63, 3.8) is 0 Å². The van der Waals surface area contributed by atoms with Gasteiger partial charge >= 0.3 is 0 Å². The summed E-state index contributed by atoms with van der Waals surface area (Å²) < 4.78 is 5.49. The summed E-state index contributed by atoms with van der Waals surface area (Å²) in [7, 11) is 0. The molecule has 0 aliphatic rings. The molecule has 68 valence electrons. The Bertz CT molecular complexity index is 336.